The lowest BCUT2D eigenvalue weighted by Gasteiger charge is -2.37. The van der Waals surface area contributed by atoms with Gasteiger partial charge in [-0.3, -0.25) is 4.90 Å². The number of nitrogens with one attached hydrogen (secondary N) is 1. The smallest absolute Gasteiger partial charge is 0.322 e. The summed E-state index contributed by atoms with van der Waals surface area (Å²) in [4.78, 5) is 16.8. The molecule has 1 aromatic rings. The summed E-state index contributed by atoms with van der Waals surface area (Å²) in [7, 11) is 1.58. The van der Waals surface area contributed by atoms with Gasteiger partial charge in [0.05, 0.1) is 12.8 Å². The van der Waals surface area contributed by atoms with Gasteiger partial charge < -0.3 is 15.0 Å². The van der Waals surface area contributed by atoms with Crippen LogP contribution < -0.4 is 10.1 Å². The van der Waals surface area contributed by atoms with Crippen LogP contribution in [0.15, 0.2) is 18.2 Å². The first-order chi connectivity index (χ1) is 10.2. The van der Waals surface area contributed by atoms with E-state index in [0.29, 0.717) is 22.5 Å². The predicted molar refractivity (Wildman–Crippen MR) is 83.2 cm³/mol. The second-order valence-electron chi connectivity index (χ2n) is 5.55. The summed E-state index contributed by atoms with van der Waals surface area (Å²) >= 11 is 5.99. The van der Waals surface area contributed by atoms with Gasteiger partial charge in [0.25, 0.3) is 0 Å². The zero-order valence-corrected chi connectivity index (χ0v) is 12.9. The van der Waals surface area contributed by atoms with E-state index < -0.39 is 0 Å². The van der Waals surface area contributed by atoms with Gasteiger partial charge in [-0.05, 0) is 37.6 Å². The minimum atomic E-state index is -0.0814. The average Bonchev–Trinajstić information content (AvgIpc) is 2.94. The molecule has 1 N–H and O–H groups in total. The van der Waals surface area contributed by atoms with Gasteiger partial charge in [-0.1, -0.05) is 11.6 Å². The second kappa shape index (κ2) is 6.12. The van der Waals surface area contributed by atoms with Crippen LogP contribution in [-0.2, 0) is 0 Å². The van der Waals surface area contributed by atoms with Crippen molar-refractivity contribution in [2.75, 3.05) is 38.6 Å². The van der Waals surface area contributed by atoms with Gasteiger partial charge in [0.2, 0.25) is 0 Å². The number of rotatable bonds is 2. The summed E-state index contributed by atoms with van der Waals surface area (Å²) < 4.78 is 5.26. The highest BCUT2D eigenvalue weighted by Gasteiger charge is 2.32. The van der Waals surface area contributed by atoms with E-state index in [9.17, 15) is 4.79 Å². The topological polar surface area (TPSA) is 44.8 Å². The highest BCUT2D eigenvalue weighted by Crippen LogP contribution is 2.28. The number of amides is 2. The zero-order valence-electron chi connectivity index (χ0n) is 12.1. The second-order valence-corrected chi connectivity index (χ2v) is 5.99. The molecule has 5 nitrogen and oxygen atoms in total. The third kappa shape index (κ3) is 3.09. The van der Waals surface area contributed by atoms with Crippen molar-refractivity contribution in [3.8, 4) is 5.75 Å². The molecule has 0 bridgehead atoms. The Kier molecular flexibility index (Phi) is 4.22. The number of hydrogen-bond donors (Lipinski definition) is 1. The number of urea groups is 1. The normalized spacial score (nSPS) is 22.0. The largest absolute Gasteiger partial charge is 0.495 e. The van der Waals surface area contributed by atoms with Crippen molar-refractivity contribution in [3.05, 3.63) is 23.2 Å². The molecule has 0 saturated carbocycles. The van der Waals surface area contributed by atoms with E-state index in [-0.39, 0.29) is 6.03 Å². The van der Waals surface area contributed by atoms with Crippen molar-refractivity contribution in [1.29, 1.82) is 0 Å². The summed E-state index contributed by atoms with van der Waals surface area (Å²) in [6, 6.07) is 5.65. The maximum absolute atomic E-state index is 12.4. The average molecular weight is 310 g/mol. The number of ether oxygens (including phenoxy) is 1. The number of piperazine rings is 1. The number of fused-ring (bicyclic) bond motifs is 1. The van der Waals surface area contributed by atoms with E-state index >= 15 is 0 Å². The number of carbonyl (C=O) groups excluding carboxylic acids is 1. The number of nitrogens with zero attached hydrogens (tertiary/aromatic N) is 2. The first kappa shape index (κ1) is 14.5. The van der Waals surface area contributed by atoms with Gasteiger partial charge in [0.1, 0.15) is 5.75 Å². The molecule has 2 amide bonds. The molecule has 0 unspecified atom stereocenters. The van der Waals surface area contributed by atoms with Gasteiger partial charge >= 0.3 is 6.03 Å². The first-order valence-electron chi connectivity index (χ1n) is 7.31. The van der Waals surface area contributed by atoms with Gasteiger partial charge in [0, 0.05) is 30.7 Å². The Morgan fingerprint density at radius 2 is 2.24 bits per heavy atom. The molecule has 3 rings (SSSR count). The molecule has 0 radical (unpaired) electrons. The molecule has 0 aliphatic carbocycles. The maximum Gasteiger partial charge on any atom is 0.322 e. The van der Waals surface area contributed by atoms with Crippen molar-refractivity contribution >= 4 is 23.3 Å². The molecule has 0 spiro atoms. The molecule has 6 heteroatoms. The quantitative estimate of drug-likeness (QED) is 0.913. The number of carbonyl (C=O) groups is 1. The van der Waals surface area contributed by atoms with Crippen LogP contribution in [0.2, 0.25) is 5.02 Å². The zero-order chi connectivity index (χ0) is 14.8. The maximum atomic E-state index is 12.4. The van der Waals surface area contributed by atoms with E-state index in [1.807, 2.05) is 4.90 Å². The molecule has 2 aliphatic heterocycles. The predicted octanol–water partition coefficient (Wildman–Crippen LogP) is 2.66. The van der Waals surface area contributed by atoms with Gasteiger partial charge in [-0.2, -0.15) is 0 Å². The van der Waals surface area contributed by atoms with Crippen LogP contribution in [0.1, 0.15) is 12.8 Å². The van der Waals surface area contributed by atoms with Gasteiger partial charge in [-0.25, -0.2) is 4.79 Å². The fourth-order valence-electron chi connectivity index (χ4n) is 3.15. The van der Waals surface area contributed by atoms with Crippen molar-refractivity contribution in [3.63, 3.8) is 0 Å². The summed E-state index contributed by atoms with van der Waals surface area (Å²) in [5.74, 6) is 0.618. The van der Waals surface area contributed by atoms with Crippen LogP contribution in [0, 0.1) is 0 Å². The molecule has 2 saturated heterocycles. The highest BCUT2D eigenvalue weighted by atomic mass is 35.5. The lowest BCUT2D eigenvalue weighted by Crippen LogP contribution is -2.53. The van der Waals surface area contributed by atoms with Crippen LogP contribution in [0.25, 0.3) is 0 Å². The van der Waals surface area contributed by atoms with Crippen LogP contribution in [0.4, 0.5) is 10.5 Å². The summed E-state index contributed by atoms with van der Waals surface area (Å²) in [6.07, 6.45) is 2.42. The SMILES string of the molecule is COc1ccc(Cl)cc1NC(=O)N1CCN2CCC[C@H]2C1. The number of methoxy groups -OCH3 is 1. The van der Waals surface area contributed by atoms with E-state index in [1.165, 1.54) is 19.4 Å². The lowest BCUT2D eigenvalue weighted by molar-refractivity contribution is 0.124. The Morgan fingerprint density at radius 3 is 3.05 bits per heavy atom. The van der Waals surface area contributed by atoms with E-state index in [1.54, 1.807) is 25.3 Å². The third-order valence-corrected chi connectivity index (χ3v) is 4.51. The monoisotopic (exact) mass is 309 g/mol. The third-order valence-electron chi connectivity index (χ3n) is 4.28. The Bertz CT molecular complexity index is 538. The molecule has 0 aromatic heterocycles. The lowest BCUT2D eigenvalue weighted by atomic mass is 10.1. The summed E-state index contributed by atoms with van der Waals surface area (Å²) in [5, 5.41) is 3.49. The standard InChI is InChI=1S/C15H20ClN3O2/c1-21-14-5-4-11(16)9-13(14)17-15(20)19-8-7-18-6-2-3-12(18)10-19/h4-5,9,12H,2-3,6-8,10H2,1H3,(H,17,20)/t12-/m0/s1. The fraction of sp³-hybridized carbons (Fsp3) is 0.533. The molecular formula is C15H20ClN3O2. The highest BCUT2D eigenvalue weighted by molar-refractivity contribution is 6.31. The van der Waals surface area contributed by atoms with Crippen LogP contribution in [0.5, 0.6) is 5.75 Å². The summed E-state index contributed by atoms with van der Waals surface area (Å²) in [5.41, 5.74) is 0.615. The Morgan fingerprint density at radius 1 is 1.38 bits per heavy atom. The van der Waals surface area contributed by atoms with Gasteiger partial charge in [0.15, 0.2) is 0 Å². The van der Waals surface area contributed by atoms with Gasteiger partial charge in [-0.15, -0.1) is 0 Å². The molecule has 114 valence electrons. The molecule has 2 fully saturated rings. The molecule has 21 heavy (non-hydrogen) atoms. The van der Waals surface area contributed by atoms with E-state index in [0.717, 1.165) is 19.6 Å². The molecule has 1 atom stereocenters. The van der Waals surface area contributed by atoms with Crippen molar-refractivity contribution < 1.29 is 9.53 Å². The van der Waals surface area contributed by atoms with Crippen molar-refractivity contribution in [1.82, 2.24) is 9.80 Å². The summed E-state index contributed by atoms with van der Waals surface area (Å²) in [6.45, 7) is 3.70. The van der Waals surface area contributed by atoms with E-state index in [4.69, 9.17) is 16.3 Å². The first-order valence-corrected chi connectivity index (χ1v) is 7.68. The molecule has 2 aliphatic rings. The van der Waals surface area contributed by atoms with Crippen LogP contribution in [-0.4, -0.2) is 55.2 Å². The molecule has 1 aromatic carbocycles. The number of halogens is 1. The number of anilines is 1. The van der Waals surface area contributed by atoms with Crippen LogP contribution in [0.3, 0.4) is 0 Å². The number of hydrogen-bond acceptors (Lipinski definition) is 3. The number of benzene rings is 1. The minimum Gasteiger partial charge on any atom is -0.495 e. The van der Waals surface area contributed by atoms with E-state index in [2.05, 4.69) is 10.2 Å². The Hall–Kier alpha value is -1.46. The molecule has 2 heterocycles. The fourth-order valence-corrected chi connectivity index (χ4v) is 3.32. The van der Waals surface area contributed by atoms with Crippen molar-refractivity contribution in [2.24, 2.45) is 0 Å². The minimum absolute atomic E-state index is 0.0814. The Labute approximate surface area is 129 Å². The van der Waals surface area contributed by atoms with Crippen molar-refractivity contribution in [2.45, 2.75) is 18.9 Å². The molecular weight excluding hydrogens is 290 g/mol. The Balaban J connectivity index is 1.67. The van der Waals surface area contributed by atoms with Crippen LogP contribution >= 0.6 is 11.6 Å².